The summed E-state index contributed by atoms with van der Waals surface area (Å²) in [7, 11) is 0. The van der Waals surface area contributed by atoms with Crippen LogP contribution in [0.4, 0.5) is 8.78 Å². The third kappa shape index (κ3) is 2.57. The molecule has 0 aliphatic rings. The second-order valence-electron chi connectivity index (χ2n) is 4.88. The molecule has 0 aliphatic carbocycles. The Balaban J connectivity index is 1.57. The average molecular weight is 329 g/mol. The van der Waals surface area contributed by atoms with Gasteiger partial charge in [0.2, 0.25) is 5.89 Å². The molecule has 0 saturated carbocycles. The average Bonchev–Trinajstić information content (AvgIpc) is 3.24. The number of fused-ring (bicyclic) bond motifs is 1. The lowest BCUT2D eigenvalue weighted by Crippen LogP contribution is -2.04. The highest BCUT2D eigenvalue weighted by Gasteiger charge is 2.17. The van der Waals surface area contributed by atoms with E-state index in [4.69, 9.17) is 4.42 Å². The van der Waals surface area contributed by atoms with E-state index in [-0.39, 0.29) is 5.89 Å². The fourth-order valence-electron chi connectivity index (χ4n) is 2.15. The zero-order valence-electron chi connectivity index (χ0n) is 12.0. The van der Waals surface area contributed by atoms with E-state index in [0.717, 1.165) is 0 Å². The Bertz CT molecular complexity index is 980. The van der Waals surface area contributed by atoms with Crippen LogP contribution in [0.3, 0.4) is 0 Å². The number of alkyl halides is 2. The molecule has 0 bridgehead atoms. The standard InChI is InChI=1S/C14H9F2N7O/c15-11(16)14-21-20-13(24-14)8-3-4-9(18-6-8)7-23-12-10(19-22-23)2-1-5-17-12/h1-6,11H,7H2. The predicted molar refractivity (Wildman–Crippen MR) is 76.9 cm³/mol. The molecule has 0 spiro atoms. The Morgan fingerprint density at radius 2 is 2.00 bits per heavy atom. The highest BCUT2D eigenvalue weighted by atomic mass is 19.3. The molecule has 4 heterocycles. The van der Waals surface area contributed by atoms with E-state index in [1.165, 1.54) is 6.20 Å². The van der Waals surface area contributed by atoms with Gasteiger partial charge in [-0.2, -0.15) is 8.78 Å². The van der Waals surface area contributed by atoms with Crippen molar-refractivity contribution in [2.45, 2.75) is 13.0 Å². The maximum atomic E-state index is 12.5. The lowest BCUT2D eigenvalue weighted by atomic mass is 10.2. The van der Waals surface area contributed by atoms with Crippen molar-refractivity contribution >= 4 is 11.2 Å². The molecular formula is C14H9F2N7O. The number of halogens is 2. The smallest absolute Gasteiger partial charge is 0.314 e. The van der Waals surface area contributed by atoms with Crippen LogP contribution < -0.4 is 0 Å². The van der Waals surface area contributed by atoms with Crippen LogP contribution in [0.1, 0.15) is 18.0 Å². The van der Waals surface area contributed by atoms with Crippen LogP contribution in [-0.2, 0) is 6.54 Å². The topological polar surface area (TPSA) is 95.4 Å². The van der Waals surface area contributed by atoms with E-state index in [2.05, 4.69) is 30.5 Å². The fraction of sp³-hybridized carbons (Fsp3) is 0.143. The van der Waals surface area contributed by atoms with Gasteiger partial charge in [-0.05, 0) is 24.3 Å². The summed E-state index contributed by atoms with van der Waals surface area (Å²) >= 11 is 0. The molecule has 4 aromatic heterocycles. The SMILES string of the molecule is FC(F)c1nnc(-c2ccc(Cn3nnc4cccnc43)nc2)o1. The molecule has 0 fully saturated rings. The van der Waals surface area contributed by atoms with Crippen LogP contribution >= 0.6 is 0 Å². The molecule has 0 N–H and O–H groups in total. The van der Waals surface area contributed by atoms with Gasteiger partial charge in [0.15, 0.2) is 5.65 Å². The van der Waals surface area contributed by atoms with Gasteiger partial charge >= 0.3 is 6.43 Å². The van der Waals surface area contributed by atoms with Crippen molar-refractivity contribution in [2.75, 3.05) is 0 Å². The van der Waals surface area contributed by atoms with Crippen LogP contribution in [0.25, 0.3) is 22.6 Å². The number of rotatable bonds is 4. The van der Waals surface area contributed by atoms with Crippen molar-refractivity contribution in [1.29, 1.82) is 0 Å². The number of hydrogen-bond acceptors (Lipinski definition) is 7. The van der Waals surface area contributed by atoms with Crippen molar-refractivity contribution in [3.05, 3.63) is 48.2 Å². The van der Waals surface area contributed by atoms with Gasteiger partial charge in [-0.1, -0.05) is 5.21 Å². The highest BCUT2D eigenvalue weighted by molar-refractivity contribution is 5.68. The van der Waals surface area contributed by atoms with Crippen molar-refractivity contribution < 1.29 is 13.2 Å². The molecule has 0 saturated heterocycles. The summed E-state index contributed by atoms with van der Waals surface area (Å²) in [5.74, 6) is -0.716. The van der Waals surface area contributed by atoms with Gasteiger partial charge < -0.3 is 4.42 Å². The van der Waals surface area contributed by atoms with Gasteiger partial charge in [-0.3, -0.25) is 4.98 Å². The summed E-state index contributed by atoms with van der Waals surface area (Å²) in [6, 6.07) is 6.99. The Morgan fingerprint density at radius 1 is 1.08 bits per heavy atom. The van der Waals surface area contributed by atoms with E-state index in [1.54, 1.807) is 29.1 Å². The number of nitrogens with zero attached hydrogens (tertiary/aromatic N) is 7. The van der Waals surface area contributed by atoms with E-state index in [9.17, 15) is 8.78 Å². The Labute approximate surface area is 133 Å². The molecule has 0 radical (unpaired) electrons. The van der Waals surface area contributed by atoms with Gasteiger partial charge in [0.25, 0.3) is 5.89 Å². The zero-order chi connectivity index (χ0) is 16.5. The summed E-state index contributed by atoms with van der Waals surface area (Å²) < 4.78 is 31.4. The lowest BCUT2D eigenvalue weighted by Gasteiger charge is -2.02. The molecule has 0 atom stereocenters. The molecule has 24 heavy (non-hydrogen) atoms. The first kappa shape index (κ1) is 14.3. The van der Waals surface area contributed by atoms with Gasteiger partial charge in [-0.15, -0.1) is 15.3 Å². The van der Waals surface area contributed by atoms with Crippen LogP contribution in [0, 0.1) is 0 Å². The van der Waals surface area contributed by atoms with E-state index in [1.807, 2.05) is 6.07 Å². The summed E-state index contributed by atoms with van der Waals surface area (Å²) in [6.07, 6.45) is 0.339. The number of hydrogen-bond donors (Lipinski definition) is 0. The van der Waals surface area contributed by atoms with E-state index >= 15 is 0 Å². The molecule has 0 aliphatic heterocycles. The molecule has 4 rings (SSSR count). The Kier molecular flexibility index (Phi) is 3.41. The zero-order valence-corrected chi connectivity index (χ0v) is 12.0. The van der Waals surface area contributed by atoms with Crippen molar-refractivity contribution in [3.8, 4) is 11.5 Å². The molecule has 0 aromatic carbocycles. The monoisotopic (exact) mass is 329 g/mol. The molecule has 0 amide bonds. The van der Waals surface area contributed by atoms with E-state index in [0.29, 0.717) is 29.0 Å². The Morgan fingerprint density at radius 3 is 2.75 bits per heavy atom. The third-order valence-corrected chi connectivity index (χ3v) is 3.28. The van der Waals surface area contributed by atoms with E-state index < -0.39 is 12.3 Å². The van der Waals surface area contributed by atoms with Crippen LogP contribution in [0.2, 0.25) is 0 Å². The second-order valence-corrected chi connectivity index (χ2v) is 4.88. The lowest BCUT2D eigenvalue weighted by molar-refractivity contribution is 0.116. The molecular weight excluding hydrogens is 320 g/mol. The summed E-state index contributed by atoms with van der Waals surface area (Å²) in [5, 5.41) is 14.9. The number of aromatic nitrogens is 7. The normalized spacial score (nSPS) is 11.5. The second kappa shape index (κ2) is 5.72. The third-order valence-electron chi connectivity index (χ3n) is 3.28. The van der Waals surface area contributed by atoms with Gasteiger partial charge in [0.05, 0.1) is 17.8 Å². The summed E-state index contributed by atoms with van der Waals surface area (Å²) in [6.45, 7) is 0.375. The maximum absolute atomic E-state index is 12.5. The van der Waals surface area contributed by atoms with Crippen molar-refractivity contribution in [3.63, 3.8) is 0 Å². The van der Waals surface area contributed by atoms with Gasteiger partial charge in [-0.25, -0.2) is 9.67 Å². The van der Waals surface area contributed by atoms with Crippen LogP contribution in [0.15, 0.2) is 41.1 Å². The molecule has 0 unspecified atom stereocenters. The van der Waals surface area contributed by atoms with Crippen LogP contribution in [-0.4, -0.2) is 35.2 Å². The predicted octanol–water partition coefficient (Wildman–Crippen LogP) is 2.26. The van der Waals surface area contributed by atoms with Gasteiger partial charge in [0, 0.05) is 12.4 Å². The minimum absolute atomic E-state index is 0.00257. The minimum Gasteiger partial charge on any atom is -0.415 e. The maximum Gasteiger partial charge on any atom is 0.314 e. The summed E-state index contributed by atoms with van der Waals surface area (Å²) in [4.78, 5) is 8.49. The first-order valence-corrected chi connectivity index (χ1v) is 6.92. The molecule has 120 valence electrons. The minimum atomic E-state index is -2.80. The molecule has 8 nitrogen and oxygen atoms in total. The van der Waals surface area contributed by atoms with Crippen molar-refractivity contribution in [2.24, 2.45) is 0 Å². The quantitative estimate of drug-likeness (QED) is 0.566. The van der Waals surface area contributed by atoms with Crippen LogP contribution in [0.5, 0.6) is 0 Å². The molecule has 10 heteroatoms. The molecule has 4 aromatic rings. The number of pyridine rings is 2. The van der Waals surface area contributed by atoms with Gasteiger partial charge in [0.1, 0.15) is 5.52 Å². The van der Waals surface area contributed by atoms with Crippen molar-refractivity contribution in [1.82, 2.24) is 35.2 Å². The fourth-order valence-corrected chi connectivity index (χ4v) is 2.15. The summed E-state index contributed by atoms with van der Waals surface area (Å²) in [5.41, 5.74) is 2.51. The first-order chi connectivity index (χ1) is 11.7. The largest absolute Gasteiger partial charge is 0.415 e. The highest BCUT2D eigenvalue weighted by Crippen LogP contribution is 2.22. The Hall–Kier alpha value is -3.30. The first-order valence-electron chi connectivity index (χ1n) is 6.92.